The van der Waals surface area contributed by atoms with Crippen LogP contribution in [0, 0.1) is 6.92 Å². The molecule has 1 aliphatic heterocycles. The number of carbonyl (C=O) groups excluding carboxylic acids is 2. The molecule has 1 saturated heterocycles. The summed E-state index contributed by atoms with van der Waals surface area (Å²) in [6.45, 7) is 2.85. The van der Waals surface area contributed by atoms with Crippen molar-refractivity contribution in [1.82, 2.24) is 19.4 Å². The first kappa shape index (κ1) is 20.6. The predicted molar refractivity (Wildman–Crippen MR) is 115 cm³/mol. The summed E-state index contributed by atoms with van der Waals surface area (Å²) in [5.74, 6) is 1.25. The van der Waals surface area contributed by atoms with Crippen molar-refractivity contribution in [1.29, 1.82) is 0 Å². The third kappa shape index (κ3) is 3.45. The molecule has 2 N–H and O–H groups in total. The SMILES string of the molecule is COc1ccc2c(cc(C(=O)N3CC[C@@H](c4ncc(C(N)=O)c(C)n4)C3)n2C)c1OC. The number of ether oxygens (including phenoxy) is 2. The normalized spacial score (nSPS) is 16.0. The minimum Gasteiger partial charge on any atom is -0.493 e. The zero-order valence-corrected chi connectivity index (χ0v) is 18.0. The highest BCUT2D eigenvalue weighted by molar-refractivity contribution is 6.01. The molecule has 0 spiro atoms. The number of rotatable bonds is 5. The lowest BCUT2D eigenvalue weighted by atomic mass is 10.1. The van der Waals surface area contributed by atoms with Crippen molar-refractivity contribution in [3.8, 4) is 11.5 Å². The standard InChI is InChI=1S/C22H25N5O4/c1-12-15(20(23)28)10-24-21(25-12)13-7-8-27(11-13)22(29)17-9-14-16(26(17)2)5-6-18(30-3)19(14)31-4/h5-6,9-10,13H,7-8,11H2,1-4H3,(H2,23,28)/t13-/m1/s1. The van der Waals surface area contributed by atoms with Crippen LogP contribution in [-0.4, -0.2) is 58.6 Å². The Balaban J connectivity index is 1.60. The average Bonchev–Trinajstić information content (AvgIpc) is 3.37. The molecule has 0 unspecified atom stereocenters. The molecule has 1 fully saturated rings. The second-order valence-electron chi connectivity index (χ2n) is 7.65. The van der Waals surface area contributed by atoms with E-state index in [4.69, 9.17) is 15.2 Å². The number of carbonyl (C=O) groups is 2. The van der Waals surface area contributed by atoms with E-state index in [2.05, 4.69) is 9.97 Å². The number of aromatic nitrogens is 3. The number of methoxy groups -OCH3 is 2. The molecule has 162 valence electrons. The summed E-state index contributed by atoms with van der Waals surface area (Å²) in [5.41, 5.74) is 7.66. The first-order valence-corrected chi connectivity index (χ1v) is 9.98. The van der Waals surface area contributed by atoms with Gasteiger partial charge in [-0.05, 0) is 31.5 Å². The zero-order chi connectivity index (χ0) is 22.3. The number of benzene rings is 1. The van der Waals surface area contributed by atoms with Crippen LogP contribution < -0.4 is 15.2 Å². The van der Waals surface area contributed by atoms with Gasteiger partial charge in [0.1, 0.15) is 11.5 Å². The van der Waals surface area contributed by atoms with E-state index >= 15 is 0 Å². The lowest BCUT2D eigenvalue weighted by Gasteiger charge is -2.17. The van der Waals surface area contributed by atoms with Crippen LogP contribution in [0.3, 0.4) is 0 Å². The highest BCUT2D eigenvalue weighted by Crippen LogP contribution is 2.37. The van der Waals surface area contributed by atoms with Gasteiger partial charge in [-0.25, -0.2) is 9.97 Å². The maximum absolute atomic E-state index is 13.3. The lowest BCUT2D eigenvalue weighted by Crippen LogP contribution is -2.30. The number of hydrogen-bond donors (Lipinski definition) is 1. The fourth-order valence-electron chi connectivity index (χ4n) is 4.18. The van der Waals surface area contributed by atoms with Gasteiger partial charge in [0, 0.05) is 37.6 Å². The summed E-state index contributed by atoms with van der Waals surface area (Å²) in [7, 11) is 5.04. The van der Waals surface area contributed by atoms with Crippen LogP contribution in [0.5, 0.6) is 11.5 Å². The smallest absolute Gasteiger partial charge is 0.270 e. The molecule has 3 aromatic rings. The minimum absolute atomic E-state index is 0.00823. The zero-order valence-electron chi connectivity index (χ0n) is 18.0. The van der Waals surface area contributed by atoms with Crippen LogP contribution in [0.4, 0.5) is 0 Å². The molecule has 2 aromatic heterocycles. The molecule has 31 heavy (non-hydrogen) atoms. The Morgan fingerprint density at radius 1 is 1.23 bits per heavy atom. The molecule has 1 aliphatic rings. The van der Waals surface area contributed by atoms with Crippen LogP contribution in [0.2, 0.25) is 0 Å². The van der Waals surface area contributed by atoms with Crippen LogP contribution >= 0.6 is 0 Å². The van der Waals surface area contributed by atoms with Gasteiger partial charge in [0.2, 0.25) is 0 Å². The Labute approximate surface area is 179 Å². The maximum Gasteiger partial charge on any atom is 0.270 e. The number of aryl methyl sites for hydroxylation is 2. The summed E-state index contributed by atoms with van der Waals surface area (Å²) in [6.07, 6.45) is 2.22. The van der Waals surface area contributed by atoms with E-state index in [0.717, 1.165) is 17.3 Å². The molecule has 1 aromatic carbocycles. The highest BCUT2D eigenvalue weighted by Gasteiger charge is 2.31. The van der Waals surface area contributed by atoms with E-state index in [1.54, 1.807) is 21.1 Å². The van der Waals surface area contributed by atoms with Crippen molar-refractivity contribution < 1.29 is 19.1 Å². The molecule has 0 aliphatic carbocycles. The lowest BCUT2D eigenvalue weighted by molar-refractivity contribution is 0.0781. The number of amides is 2. The second kappa shape index (κ2) is 7.90. The van der Waals surface area contributed by atoms with Gasteiger partial charge >= 0.3 is 0 Å². The highest BCUT2D eigenvalue weighted by atomic mass is 16.5. The summed E-state index contributed by atoms with van der Waals surface area (Å²) >= 11 is 0. The number of nitrogens with two attached hydrogens (primary N) is 1. The molecule has 1 atom stereocenters. The quantitative estimate of drug-likeness (QED) is 0.672. The van der Waals surface area contributed by atoms with Crippen molar-refractivity contribution in [2.75, 3.05) is 27.3 Å². The van der Waals surface area contributed by atoms with Crippen LogP contribution in [0.25, 0.3) is 10.9 Å². The Morgan fingerprint density at radius 2 is 2.00 bits per heavy atom. The second-order valence-corrected chi connectivity index (χ2v) is 7.65. The van der Waals surface area contributed by atoms with Gasteiger partial charge in [0.05, 0.1) is 31.0 Å². The largest absolute Gasteiger partial charge is 0.493 e. The molecule has 9 heteroatoms. The number of hydrogen-bond acceptors (Lipinski definition) is 6. The Morgan fingerprint density at radius 3 is 2.65 bits per heavy atom. The van der Waals surface area contributed by atoms with Crippen LogP contribution in [0.15, 0.2) is 24.4 Å². The van der Waals surface area contributed by atoms with E-state index < -0.39 is 5.91 Å². The van der Waals surface area contributed by atoms with Gasteiger partial charge < -0.3 is 24.7 Å². The van der Waals surface area contributed by atoms with E-state index in [9.17, 15) is 9.59 Å². The Hall–Kier alpha value is -3.62. The number of fused-ring (bicyclic) bond motifs is 1. The van der Waals surface area contributed by atoms with Gasteiger partial charge in [-0.2, -0.15) is 0 Å². The molecule has 2 amide bonds. The number of likely N-dealkylation sites (tertiary alicyclic amines) is 1. The molecule has 3 heterocycles. The first-order chi connectivity index (χ1) is 14.8. The van der Waals surface area contributed by atoms with Crippen molar-refractivity contribution in [2.24, 2.45) is 12.8 Å². The van der Waals surface area contributed by atoms with E-state index in [-0.39, 0.29) is 11.8 Å². The van der Waals surface area contributed by atoms with E-state index in [1.165, 1.54) is 6.20 Å². The minimum atomic E-state index is -0.546. The molecular formula is C22H25N5O4. The Bertz CT molecular complexity index is 1190. The van der Waals surface area contributed by atoms with Gasteiger partial charge in [-0.3, -0.25) is 9.59 Å². The van der Waals surface area contributed by atoms with Crippen LogP contribution in [0.1, 0.15) is 44.7 Å². The van der Waals surface area contributed by atoms with Crippen molar-refractivity contribution in [3.05, 3.63) is 47.2 Å². The van der Waals surface area contributed by atoms with E-state index in [0.29, 0.717) is 47.4 Å². The van der Waals surface area contributed by atoms with Gasteiger partial charge in [0.15, 0.2) is 11.5 Å². The number of primary amides is 1. The summed E-state index contributed by atoms with van der Waals surface area (Å²) < 4.78 is 12.8. The van der Waals surface area contributed by atoms with Crippen molar-refractivity contribution in [3.63, 3.8) is 0 Å². The summed E-state index contributed by atoms with van der Waals surface area (Å²) in [5, 5.41) is 0.824. The summed E-state index contributed by atoms with van der Waals surface area (Å²) in [4.78, 5) is 35.3. The maximum atomic E-state index is 13.3. The van der Waals surface area contributed by atoms with Crippen LogP contribution in [-0.2, 0) is 7.05 Å². The number of nitrogens with zero attached hydrogens (tertiary/aromatic N) is 4. The molecule has 0 bridgehead atoms. The molecule has 0 saturated carbocycles. The Kier molecular flexibility index (Phi) is 5.26. The van der Waals surface area contributed by atoms with Crippen molar-refractivity contribution >= 4 is 22.7 Å². The van der Waals surface area contributed by atoms with E-state index in [1.807, 2.05) is 34.7 Å². The fourth-order valence-corrected chi connectivity index (χ4v) is 4.18. The van der Waals surface area contributed by atoms with Gasteiger partial charge in [-0.15, -0.1) is 0 Å². The topological polar surface area (TPSA) is 113 Å². The van der Waals surface area contributed by atoms with Gasteiger partial charge in [-0.1, -0.05) is 0 Å². The first-order valence-electron chi connectivity index (χ1n) is 9.98. The summed E-state index contributed by atoms with van der Waals surface area (Å²) in [6, 6.07) is 5.59. The monoisotopic (exact) mass is 423 g/mol. The predicted octanol–water partition coefficient (Wildman–Crippen LogP) is 2.02. The molecule has 0 radical (unpaired) electrons. The van der Waals surface area contributed by atoms with Gasteiger partial charge in [0.25, 0.3) is 11.8 Å². The third-order valence-electron chi connectivity index (χ3n) is 5.89. The average molecular weight is 423 g/mol. The third-order valence-corrected chi connectivity index (χ3v) is 5.89. The van der Waals surface area contributed by atoms with Crippen molar-refractivity contribution in [2.45, 2.75) is 19.3 Å². The molecule has 4 rings (SSSR count). The molecular weight excluding hydrogens is 398 g/mol. The molecule has 9 nitrogen and oxygen atoms in total. The fraction of sp³-hybridized carbons (Fsp3) is 0.364.